The van der Waals surface area contributed by atoms with Gasteiger partial charge in [0.25, 0.3) is 0 Å². The van der Waals surface area contributed by atoms with Gasteiger partial charge in [0.05, 0.1) is 40.8 Å². The van der Waals surface area contributed by atoms with Gasteiger partial charge in [-0.3, -0.25) is 10.1 Å². The number of nitro groups is 1. The fourth-order valence-electron chi connectivity index (χ4n) is 1.76. The number of anilines is 1. The third-order valence-electron chi connectivity index (χ3n) is 2.74. The number of hydrogen-bond donors (Lipinski definition) is 2. The predicted molar refractivity (Wildman–Crippen MR) is 72.6 cm³/mol. The maximum Gasteiger partial charge on any atom is 0.312 e. The lowest BCUT2D eigenvalue weighted by molar-refractivity contribution is -0.384. The van der Waals surface area contributed by atoms with Crippen molar-refractivity contribution in [2.45, 2.75) is 6.04 Å². The van der Waals surface area contributed by atoms with Gasteiger partial charge in [-0.25, -0.2) is 9.97 Å². The van der Waals surface area contributed by atoms with Gasteiger partial charge < -0.3 is 15.0 Å². The van der Waals surface area contributed by atoms with Crippen molar-refractivity contribution in [3.63, 3.8) is 0 Å². The number of rotatable bonds is 5. The molecule has 2 aromatic heterocycles. The number of aliphatic hydroxyl groups is 1. The Kier molecular flexibility index (Phi) is 4.16. The van der Waals surface area contributed by atoms with Crippen LogP contribution in [0.5, 0.6) is 0 Å². The van der Waals surface area contributed by atoms with E-state index in [1.807, 2.05) is 0 Å². The van der Waals surface area contributed by atoms with Crippen LogP contribution < -0.4 is 5.32 Å². The maximum atomic E-state index is 11.0. The van der Waals surface area contributed by atoms with E-state index in [4.69, 9.17) is 11.6 Å². The predicted octanol–water partition coefficient (Wildman–Crippen LogP) is 1.52. The van der Waals surface area contributed by atoms with Gasteiger partial charge in [0, 0.05) is 19.3 Å². The first-order chi connectivity index (χ1) is 9.52. The Bertz CT molecular complexity index is 630. The second kappa shape index (κ2) is 5.85. The zero-order chi connectivity index (χ0) is 14.7. The van der Waals surface area contributed by atoms with Crippen molar-refractivity contribution >= 4 is 23.1 Å². The summed E-state index contributed by atoms with van der Waals surface area (Å²) in [6, 6.07) is 0.643. The van der Waals surface area contributed by atoms with E-state index in [1.165, 1.54) is 12.3 Å². The second-order valence-corrected chi connectivity index (χ2v) is 4.52. The van der Waals surface area contributed by atoms with Crippen molar-refractivity contribution in [1.29, 1.82) is 0 Å². The van der Waals surface area contributed by atoms with Gasteiger partial charge >= 0.3 is 5.69 Å². The molecule has 0 saturated carbocycles. The lowest BCUT2D eigenvalue weighted by Gasteiger charge is -2.17. The van der Waals surface area contributed by atoms with Crippen LogP contribution in [0, 0.1) is 10.1 Å². The molecule has 1 unspecified atom stereocenters. The summed E-state index contributed by atoms with van der Waals surface area (Å²) in [5.74, 6) is 0.0413. The van der Waals surface area contributed by atoms with Gasteiger partial charge in [0.2, 0.25) is 5.82 Å². The second-order valence-electron chi connectivity index (χ2n) is 4.09. The van der Waals surface area contributed by atoms with Crippen LogP contribution in [-0.2, 0) is 7.05 Å². The molecule has 0 radical (unpaired) electrons. The Labute approximate surface area is 119 Å². The van der Waals surface area contributed by atoms with E-state index in [1.54, 1.807) is 24.1 Å². The molecule has 106 valence electrons. The molecule has 2 aromatic rings. The van der Waals surface area contributed by atoms with Crippen molar-refractivity contribution < 1.29 is 10.0 Å². The summed E-state index contributed by atoms with van der Waals surface area (Å²) in [5, 5.41) is 23.4. The zero-order valence-electron chi connectivity index (χ0n) is 10.5. The molecule has 0 saturated heterocycles. The number of hydrogen-bond acceptors (Lipinski definition) is 6. The van der Waals surface area contributed by atoms with Gasteiger partial charge in [0.1, 0.15) is 0 Å². The number of aromatic nitrogens is 3. The van der Waals surface area contributed by atoms with Crippen molar-refractivity contribution in [2.75, 3.05) is 11.9 Å². The highest BCUT2D eigenvalue weighted by atomic mass is 35.5. The molecule has 8 nitrogen and oxygen atoms in total. The molecule has 1 atom stereocenters. The molecule has 0 aliphatic carbocycles. The summed E-state index contributed by atoms with van der Waals surface area (Å²) in [6.45, 7) is -0.263. The smallest absolute Gasteiger partial charge is 0.312 e. The van der Waals surface area contributed by atoms with Crippen molar-refractivity contribution in [2.24, 2.45) is 7.05 Å². The summed E-state index contributed by atoms with van der Waals surface area (Å²) in [4.78, 5) is 18.2. The molecule has 0 aromatic carbocycles. The van der Waals surface area contributed by atoms with Crippen LogP contribution in [0.25, 0.3) is 0 Å². The third-order valence-corrected chi connectivity index (χ3v) is 2.94. The molecule has 2 N–H and O–H groups in total. The molecular weight excluding hydrogens is 286 g/mol. The minimum atomic E-state index is -0.584. The van der Waals surface area contributed by atoms with Gasteiger partial charge in [-0.05, 0) is 0 Å². The lowest BCUT2D eigenvalue weighted by Crippen LogP contribution is -2.19. The molecule has 0 spiro atoms. The van der Waals surface area contributed by atoms with Crippen LogP contribution >= 0.6 is 11.6 Å². The summed E-state index contributed by atoms with van der Waals surface area (Å²) in [5.41, 5.74) is 0.427. The Morgan fingerprint density at radius 2 is 2.35 bits per heavy atom. The summed E-state index contributed by atoms with van der Waals surface area (Å²) < 4.78 is 1.70. The number of aliphatic hydroxyl groups excluding tert-OH is 1. The lowest BCUT2D eigenvalue weighted by atomic mass is 10.2. The molecule has 0 fully saturated rings. The van der Waals surface area contributed by atoms with Crippen molar-refractivity contribution in [1.82, 2.24) is 14.5 Å². The average molecular weight is 298 g/mol. The van der Waals surface area contributed by atoms with Crippen LogP contribution in [0.3, 0.4) is 0 Å². The molecule has 0 aliphatic rings. The number of nitrogens with one attached hydrogen (secondary N) is 1. The van der Waals surface area contributed by atoms with Crippen molar-refractivity contribution in [3.05, 3.63) is 45.6 Å². The first kappa shape index (κ1) is 14.2. The minimum absolute atomic E-state index is 0.0413. The molecule has 0 bridgehead atoms. The standard InChI is InChI=1S/C11H12ClN5O3/c1-16-6-13-4-10(16)8(5-18)15-11-9(17(19)20)2-7(12)3-14-11/h2-4,6,8,18H,5H2,1H3,(H,14,15). The molecule has 2 heterocycles. The molecule has 2 rings (SSSR count). The molecule has 20 heavy (non-hydrogen) atoms. The van der Waals surface area contributed by atoms with E-state index in [9.17, 15) is 15.2 Å². The Morgan fingerprint density at radius 3 is 2.90 bits per heavy atom. The highest BCUT2D eigenvalue weighted by Gasteiger charge is 2.21. The zero-order valence-corrected chi connectivity index (χ0v) is 11.3. The minimum Gasteiger partial charge on any atom is -0.394 e. The molecule has 0 aliphatic heterocycles. The van der Waals surface area contributed by atoms with Crippen LogP contribution in [-0.4, -0.2) is 31.2 Å². The number of imidazole rings is 1. The van der Waals surface area contributed by atoms with E-state index in [0.29, 0.717) is 5.69 Å². The number of nitrogens with zero attached hydrogens (tertiary/aromatic N) is 4. The SMILES string of the molecule is Cn1cncc1C(CO)Nc1ncc(Cl)cc1[N+](=O)[O-]. The van der Waals surface area contributed by atoms with E-state index >= 15 is 0 Å². The van der Waals surface area contributed by atoms with Crippen molar-refractivity contribution in [3.8, 4) is 0 Å². The normalized spacial score (nSPS) is 12.2. The van der Waals surface area contributed by atoms with E-state index in [2.05, 4.69) is 15.3 Å². The van der Waals surface area contributed by atoms with Crippen LogP contribution in [0.15, 0.2) is 24.8 Å². The Morgan fingerprint density at radius 1 is 1.60 bits per heavy atom. The molecular formula is C11H12ClN5O3. The molecule has 0 amide bonds. The summed E-state index contributed by atoms with van der Waals surface area (Å²) in [6.07, 6.45) is 4.44. The quantitative estimate of drug-likeness (QED) is 0.640. The average Bonchev–Trinajstić information content (AvgIpc) is 2.83. The highest BCUT2D eigenvalue weighted by Crippen LogP contribution is 2.28. The Balaban J connectivity index is 2.33. The number of aryl methyl sites for hydroxylation is 1. The topological polar surface area (TPSA) is 106 Å². The van der Waals surface area contributed by atoms with Gasteiger partial charge in [0.15, 0.2) is 0 Å². The largest absolute Gasteiger partial charge is 0.394 e. The van der Waals surface area contributed by atoms with Crippen LogP contribution in [0.2, 0.25) is 5.02 Å². The monoisotopic (exact) mass is 297 g/mol. The fourth-order valence-corrected chi connectivity index (χ4v) is 1.91. The van der Waals surface area contributed by atoms with Crippen LogP contribution in [0.1, 0.15) is 11.7 Å². The van der Waals surface area contributed by atoms with Gasteiger partial charge in [-0.1, -0.05) is 11.6 Å². The summed E-state index contributed by atoms with van der Waals surface area (Å²) in [7, 11) is 1.76. The summed E-state index contributed by atoms with van der Waals surface area (Å²) >= 11 is 5.70. The van der Waals surface area contributed by atoms with E-state index in [-0.39, 0.29) is 23.1 Å². The first-order valence-electron chi connectivity index (χ1n) is 5.66. The number of pyridine rings is 1. The molecule has 9 heteroatoms. The van der Waals surface area contributed by atoms with E-state index in [0.717, 1.165) is 0 Å². The first-order valence-corrected chi connectivity index (χ1v) is 6.04. The van der Waals surface area contributed by atoms with E-state index < -0.39 is 11.0 Å². The van der Waals surface area contributed by atoms with Crippen LogP contribution in [0.4, 0.5) is 11.5 Å². The fraction of sp³-hybridized carbons (Fsp3) is 0.273. The highest BCUT2D eigenvalue weighted by molar-refractivity contribution is 6.30. The maximum absolute atomic E-state index is 11.0. The van der Waals surface area contributed by atoms with Gasteiger partial charge in [-0.2, -0.15) is 0 Å². The third kappa shape index (κ3) is 2.86. The van der Waals surface area contributed by atoms with Gasteiger partial charge in [-0.15, -0.1) is 0 Å². The Hall–Kier alpha value is -2.19. The number of halogens is 1.